The highest BCUT2D eigenvalue weighted by Crippen LogP contribution is 2.26. The van der Waals surface area contributed by atoms with Gasteiger partial charge in [0.2, 0.25) is 17.5 Å². The van der Waals surface area contributed by atoms with Gasteiger partial charge in [0.05, 0.1) is 0 Å². The molecule has 0 aliphatic rings. The molecule has 2 aromatic heterocycles. The predicted molar refractivity (Wildman–Crippen MR) is 102 cm³/mol. The Morgan fingerprint density at radius 3 is 2.37 bits per heavy atom. The minimum absolute atomic E-state index is 0.444. The Kier molecular flexibility index (Phi) is 4.98. The number of rotatable bonds is 6. The van der Waals surface area contributed by atoms with E-state index in [0.717, 1.165) is 28.7 Å². The van der Waals surface area contributed by atoms with Gasteiger partial charge in [-0.25, -0.2) is 0 Å². The summed E-state index contributed by atoms with van der Waals surface area (Å²) in [6.45, 7) is 2.03. The zero-order valence-electron chi connectivity index (χ0n) is 14.7. The van der Waals surface area contributed by atoms with E-state index in [4.69, 9.17) is 20.6 Å². The van der Waals surface area contributed by atoms with Crippen LogP contribution in [0.5, 0.6) is 0 Å². The lowest BCUT2D eigenvalue weighted by molar-refractivity contribution is 0.378. The summed E-state index contributed by atoms with van der Waals surface area (Å²) < 4.78 is 10.7. The summed E-state index contributed by atoms with van der Waals surface area (Å²) in [5.74, 6) is 2.67. The molecule has 4 aromatic rings. The molecule has 0 amide bonds. The fourth-order valence-corrected chi connectivity index (χ4v) is 2.86. The van der Waals surface area contributed by atoms with Crippen molar-refractivity contribution < 1.29 is 9.05 Å². The van der Waals surface area contributed by atoms with Gasteiger partial charge in [-0.1, -0.05) is 46.2 Å². The van der Waals surface area contributed by atoms with Gasteiger partial charge >= 0.3 is 0 Å². The van der Waals surface area contributed by atoms with E-state index in [9.17, 15) is 0 Å². The number of alkyl halides is 1. The lowest BCUT2D eigenvalue weighted by Crippen LogP contribution is -1.87. The van der Waals surface area contributed by atoms with Gasteiger partial charge in [0.25, 0.3) is 5.89 Å². The summed E-state index contributed by atoms with van der Waals surface area (Å²) in [4.78, 5) is 8.93. The predicted octanol–water partition coefficient (Wildman–Crippen LogP) is 4.93. The molecule has 0 atom stereocenters. The summed E-state index contributed by atoms with van der Waals surface area (Å²) in [6.07, 6.45) is 1.46. The number of hydrogen-bond donors (Lipinski definition) is 0. The van der Waals surface area contributed by atoms with Crippen molar-refractivity contribution in [3.05, 3.63) is 60.0 Å². The van der Waals surface area contributed by atoms with Gasteiger partial charge in [-0.2, -0.15) is 9.97 Å². The molecular weight excluding hydrogens is 364 g/mol. The standard InChI is InChI=1S/C20H17ClN4O2/c1-13-5-2-6-14(11-13)19-23-20(27-25-19)16-8-3-7-15(12-16)18-22-17(26-24-18)9-4-10-21/h2-3,5-8,11-12H,4,9-10H2,1H3. The molecule has 7 heteroatoms. The number of benzene rings is 2. The smallest absolute Gasteiger partial charge is 0.258 e. The second kappa shape index (κ2) is 7.72. The molecule has 0 spiro atoms. The third kappa shape index (κ3) is 3.90. The molecule has 2 heterocycles. The molecule has 6 nitrogen and oxygen atoms in total. The molecule has 27 heavy (non-hydrogen) atoms. The lowest BCUT2D eigenvalue weighted by atomic mass is 10.1. The minimum Gasteiger partial charge on any atom is -0.339 e. The topological polar surface area (TPSA) is 77.8 Å². The Morgan fingerprint density at radius 2 is 1.56 bits per heavy atom. The third-order valence-electron chi connectivity index (χ3n) is 4.06. The Balaban J connectivity index is 1.60. The first-order valence-electron chi connectivity index (χ1n) is 8.63. The molecule has 0 aliphatic heterocycles. The van der Waals surface area contributed by atoms with Gasteiger partial charge in [0.15, 0.2) is 0 Å². The Labute approximate surface area is 161 Å². The van der Waals surface area contributed by atoms with Crippen molar-refractivity contribution in [2.75, 3.05) is 5.88 Å². The van der Waals surface area contributed by atoms with E-state index in [1.165, 1.54) is 0 Å². The molecule has 0 unspecified atom stereocenters. The summed E-state index contributed by atoms with van der Waals surface area (Å²) in [5.41, 5.74) is 3.68. The van der Waals surface area contributed by atoms with Crippen LogP contribution >= 0.6 is 11.6 Å². The van der Waals surface area contributed by atoms with Crippen LogP contribution in [0.2, 0.25) is 0 Å². The summed E-state index contributed by atoms with van der Waals surface area (Å²) in [6, 6.07) is 15.6. The van der Waals surface area contributed by atoms with Crippen molar-refractivity contribution in [3.8, 4) is 34.2 Å². The van der Waals surface area contributed by atoms with Crippen LogP contribution in [-0.2, 0) is 6.42 Å². The van der Waals surface area contributed by atoms with Crippen LogP contribution in [0, 0.1) is 6.92 Å². The fraction of sp³-hybridized carbons (Fsp3) is 0.200. The van der Waals surface area contributed by atoms with Gasteiger partial charge in [0, 0.05) is 29.0 Å². The van der Waals surface area contributed by atoms with Gasteiger partial charge in [-0.3, -0.25) is 0 Å². The van der Waals surface area contributed by atoms with Crippen LogP contribution in [0.25, 0.3) is 34.2 Å². The molecule has 0 bridgehead atoms. The number of nitrogens with zero attached hydrogens (tertiary/aromatic N) is 4. The molecule has 0 saturated heterocycles. The first kappa shape index (κ1) is 17.4. The van der Waals surface area contributed by atoms with Crippen LogP contribution in [0.4, 0.5) is 0 Å². The lowest BCUT2D eigenvalue weighted by Gasteiger charge is -1.98. The highest BCUT2D eigenvalue weighted by atomic mass is 35.5. The zero-order chi connectivity index (χ0) is 18.6. The highest BCUT2D eigenvalue weighted by molar-refractivity contribution is 6.17. The number of hydrogen-bond acceptors (Lipinski definition) is 6. The van der Waals surface area contributed by atoms with Crippen LogP contribution in [0.15, 0.2) is 57.6 Å². The van der Waals surface area contributed by atoms with Crippen molar-refractivity contribution in [2.45, 2.75) is 19.8 Å². The van der Waals surface area contributed by atoms with Crippen molar-refractivity contribution in [2.24, 2.45) is 0 Å². The fourth-order valence-electron chi connectivity index (χ4n) is 2.73. The van der Waals surface area contributed by atoms with Crippen LogP contribution < -0.4 is 0 Å². The summed E-state index contributed by atoms with van der Waals surface area (Å²) in [7, 11) is 0. The average Bonchev–Trinajstić information content (AvgIpc) is 3.36. The quantitative estimate of drug-likeness (QED) is 0.441. The van der Waals surface area contributed by atoms with Crippen molar-refractivity contribution >= 4 is 11.6 Å². The Morgan fingerprint density at radius 1 is 0.852 bits per heavy atom. The Bertz CT molecular complexity index is 1060. The van der Waals surface area contributed by atoms with E-state index in [1.54, 1.807) is 0 Å². The zero-order valence-corrected chi connectivity index (χ0v) is 15.5. The largest absolute Gasteiger partial charge is 0.339 e. The molecule has 2 aromatic carbocycles. The average molecular weight is 381 g/mol. The first-order chi connectivity index (χ1) is 13.2. The van der Waals surface area contributed by atoms with E-state index in [-0.39, 0.29) is 0 Å². The van der Waals surface area contributed by atoms with E-state index >= 15 is 0 Å². The van der Waals surface area contributed by atoms with Crippen molar-refractivity contribution in [3.63, 3.8) is 0 Å². The molecule has 4 rings (SSSR count). The van der Waals surface area contributed by atoms with E-state index < -0.39 is 0 Å². The second-order valence-corrected chi connectivity index (χ2v) is 6.56. The molecule has 136 valence electrons. The van der Waals surface area contributed by atoms with Crippen LogP contribution in [-0.4, -0.2) is 26.2 Å². The third-order valence-corrected chi connectivity index (χ3v) is 4.33. The molecule has 0 N–H and O–H groups in total. The van der Waals surface area contributed by atoms with Crippen LogP contribution in [0.3, 0.4) is 0 Å². The van der Waals surface area contributed by atoms with Gasteiger partial charge in [-0.05, 0) is 31.5 Å². The van der Waals surface area contributed by atoms with E-state index in [2.05, 4.69) is 20.3 Å². The van der Waals surface area contributed by atoms with Crippen molar-refractivity contribution in [1.29, 1.82) is 0 Å². The van der Waals surface area contributed by atoms with Gasteiger partial charge in [-0.15, -0.1) is 11.6 Å². The maximum Gasteiger partial charge on any atom is 0.258 e. The van der Waals surface area contributed by atoms with Gasteiger partial charge < -0.3 is 9.05 Å². The summed E-state index contributed by atoms with van der Waals surface area (Å²) in [5, 5.41) is 8.14. The maximum atomic E-state index is 5.71. The number of halogens is 1. The first-order valence-corrected chi connectivity index (χ1v) is 9.16. The van der Waals surface area contributed by atoms with Crippen LogP contribution in [0.1, 0.15) is 17.9 Å². The normalized spacial score (nSPS) is 11.0. The summed E-state index contributed by atoms with van der Waals surface area (Å²) >= 11 is 5.71. The highest BCUT2D eigenvalue weighted by Gasteiger charge is 2.14. The molecule has 0 fully saturated rings. The molecule has 0 saturated carbocycles. The molecule has 0 aliphatic carbocycles. The second-order valence-electron chi connectivity index (χ2n) is 6.18. The number of aryl methyl sites for hydroxylation is 2. The molecule has 0 radical (unpaired) electrons. The van der Waals surface area contributed by atoms with E-state index in [0.29, 0.717) is 35.7 Å². The molecular formula is C20H17ClN4O2. The number of aromatic nitrogens is 4. The van der Waals surface area contributed by atoms with Gasteiger partial charge in [0.1, 0.15) is 0 Å². The maximum absolute atomic E-state index is 5.71. The Hall–Kier alpha value is -2.99. The van der Waals surface area contributed by atoms with E-state index in [1.807, 2.05) is 55.5 Å². The SMILES string of the molecule is Cc1cccc(-c2noc(-c3cccc(-c4noc(CCCCl)n4)c3)n2)c1. The monoisotopic (exact) mass is 380 g/mol. The minimum atomic E-state index is 0.444. The van der Waals surface area contributed by atoms with Crippen molar-refractivity contribution in [1.82, 2.24) is 20.3 Å².